The van der Waals surface area contributed by atoms with Gasteiger partial charge in [-0.2, -0.15) is 0 Å². The molecular formula is C32H38ClFN6O3. The van der Waals surface area contributed by atoms with E-state index in [0.29, 0.717) is 54.2 Å². The number of fused-ring (bicyclic) bond motifs is 3. The van der Waals surface area contributed by atoms with E-state index >= 15 is 0 Å². The molecule has 0 saturated carbocycles. The molecule has 2 saturated heterocycles. The Hall–Kier alpha value is -3.63. The number of hydrogen-bond acceptors (Lipinski definition) is 5. The van der Waals surface area contributed by atoms with Gasteiger partial charge < -0.3 is 19.5 Å². The molecule has 3 aliphatic heterocycles. The van der Waals surface area contributed by atoms with Crippen molar-refractivity contribution in [1.29, 1.82) is 0 Å². The molecule has 1 N–H and O–H groups in total. The van der Waals surface area contributed by atoms with Gasteiger partial charge in [-0.3, -0.25) is 9.80 Å². The Morgan fingerprint density at radius 2 is 1.77 bits per heavy atom. The van der Waals surface area contributed by atoms with Gasteiger partial charge in [0.1, 0.15) is 11.6 Å². The number of halogens is 2. The third-order valence-electron chi connectivity index (χ3n) is 9.16. The molecule has 0 aliphatic carbocycles. The lowest BCUT2D eigenvalue weighted by atomic mass is 9.95. The van der Waals surface area contributed by atoms with Crippen molar-refractivity contribution in [2.75, 3.05) is 37.0 Å². The number of benzene rings is 2. The topological polar surface area (TPSA) is 82.9 Å². The Kier molecular flexibility index (Phi) is 8.59. The van der Waals surface area contributed by atoms with Crippen molar-refractivity contribution in [3.63, 3.8) is 0 Å². The van der Waals surface area contributed by atoms with Gasteiger partial charge in [-0.25, -0.2) is 19.0 Å². The van der Waals surface area contributed by atoms with E-state index in [4.69, 9.17) is 21.3 Å². The van der Waals surface area contributed by atoms with Crippen LogP contribution in [0.15, 0.2) is 48.5 Å². The molecule has 2 aromatic carbocycles. The number of hydrogen-bond donors (Lipinski definition) is 1. The molecule has 9 nitrogen and oxygen atoms in total. The molecule has 2 bridgehead atoms. The minimum atomic E-state index is -0.337. The summed E-state index contributed by atoms with van der Waals surface area (Å²) >= 11 is 6.01. The van der Waals surface area contributed by atoms with E-state index in [1.807, 2.05) is 0 Å². The standard InChI is InChI=1S/C32H38ClFN6O3/c1-21-35-29-20-37(32(42)43-2)17-14-30(29)40(21)28-18-26-12-13-27(19-28)38(26)15-3-16-39(25-10-6-23(34)7-11-25)31(41)36-24-8-4-22(33)5-9-24/h4-11,26-28H,3,12-20H2,1-2H3,(H,36,41)/t26-,27+,28?. The van der Waals surface area contributed by atoms with Gasteiger partial charge in [0, 0.05) is 66.3 Å². The Balaban J connectivity index is 1.10. The summed E-state index contributed by atoms with van der Waals surface area (Å²) in [5.74, 6) is 0.688. The summed E-state index contributed by atoms with van der Waals surface area (Å²) in [6.45, 7) is 4.62. The van der Waals surface area contributed by atoms with Crippen LogP contribution in [0.4, 0.5) is 25.4 Å². The lowest BCUT2D eigenvalue weighted by molar-refractivity contribution is 0.103. The van der Waals surface area contributed by atoms with Gasteiger partial charge >= 0.3 is 12.1 Å². The van der Waals surface area contributed by atoms with Gasteiger partial charge in [-0.15, -0.1) is 0 Å². The van der Waals surface area contributed by atoms with E-state index in [1.165, 1.54) is 37.8 Å². The van der Waals surface area contributed by atoms with Crippen LogP contribution >= 0.6 is 11.6 Å². The van der Waals surface area contributed by atoms with Crippen LogP contribution in [0.1, 0.15) is 55.4 Å². The van der Waals surface area contributed by atoms with Crippen LogP contribution in [0.5, 0.6) is 0 Å². The van der Waals surface area contributed by atoms with E-state index in [2.05, 4.69) is 21.7 Å². The summed E-state index contributed by atoms with van der Waals surface area (Å²) in [6.07, 6.45) is 5.77. The second-order valence-corrected chi connectivity index (χ2v) is 12.2. The van der Waals surface area contributed by atoms with Gasteiger partial charge in [-0.05, 0) is 87.6 Å². The first-order valence-corrected chi connectivity index (χ1v) is 15.4. The molecule has 1 unspecified atom stereocenters. The molecular weight excluding hydrogens is 571 g/mol. The molecule has 3 aliphatic rings. The number of methoxy groups -OCH3 is 1. The van der Waals surface area contributed by atoms with Crippen LogP contribution in [-0.4, -0.2) is 70.3 Å². The lowest BCUT2D eigenvalue weighted by Crippen LogP contribution is -2.45. The van der Waals surface area contributed by atoms with Gasteiger partial charge in [-0.1, -0.05) is 11.6 Å². The fourth-order valence-electron chi connectivity index (χ4n) is 7.24. The van der Waals surface area contributed by atoms with Crippen LogP contribution in [-0.2, 0) is 17.7 Å². The number of rotatable bonds is 7. The average Bonchev–Trinajstić information content (AvgIpc) is 3.45. The number of nitrogens with zero attached hydrogens (tertiary/aromatic N) is 5. The summed E-state index contributed by atoms with van der Waals surface area (Å²) in [5.41, 5.74) is 3.55. The highest BCUT2D eigenvalue weighted by molar-refractivity contribution is 6.30. The van der Waals surface area contributed by atoms with E-state index in [1.54, 1.807) is 46.2 Å². The minimum absolute atomic E-state index is 0.262. The third kappa shape index (κ3) is 6.21. The molecule has 3 amide bonds. The Morgan fingerprint density at radius 3 is 2.44 bits per heavy atom. The molecule has 2 fully saturated rings. The predicted octanol–water partition coefficient (Wildman–Crippen LogP) is 6.41. The Bertz CT molecular complexity index is 1450. The van der Waals surface area contributed by atoms with Crippen LogP contribution in [0.3, 0.4) is 0 Å². The summed E-state index contributed by atoms with van der Waals surface area (Å²) in [7, 11) is 1.42. The Morgan fingerprint density at radius 1 is 1.07 bits per heavy atom. The van der Waals surface area contributed by atoms with Crippen molar-refractivity contribution in [2.24, 2.45) is 0 Å². The first-order valence-electron chi connectivity index (χ1n) is 15.1. The fraction of sp³-hybridized carbons (Fsp3) is 0.469. The zero-order valence-electron chi connectivity index (χ0n) is 24.6. The number of carbonyl (C=O) groups is 2. The monoisotopic (exact) mass is 608 g/mol. The first-order chi connectivity index (χ1) is 20.8. The highest BCUT2D eigenvalue weighted by Gasteiger charge is 2.42. The molecule has 11 heteroatoms. The summed E-state index contributed by atoms with van der Waals surface area (Å²) < 4.78 is 21.1. The zero-order valence-corrected chi connectivity index (χ0v) is 25.4. The molecule has 43 heavy (non-hydrogen) atoms. The second kappa shape index (κ2) is 12.5. The van der Waals surface area contributed by atoms with E-state index in [9.17, 15) is 14.0 Å². The van der Waals surface area contributed by atoms with E-state index in [0.717, 1.165) is 43.7 Å². The second-order valence-electron chi connectivity index (χ2n) is 11.7. The molecule has 0 radical (unpaired) electrons. The summed E-state index contributed by atoms with van der Waals surface area (Å²) in [6, 6.07) is 14.1. The van der Waals surface area contributed by atoms with Crippen molar-refractivity contribution < 1.29 is 18.7 Å². The van der Waals surface area contributed by atoms with Crippen LogP contribution in [0, 0.1) is 12.7 Å². The fourth-order valence-corrected chi connectivity index (χ4v) is 7.36. The van der Waals surface area contributed by atoms with Gasteiger partial charge in [0.25, 0.3) is 0 Å². The number of amides is 3. The molecule has 3 aromatic rings. The van der Waals surface area contributed by atoms with Gasteiger partial charge in [0.05, 0.1) is 19.3 Å². The van der Waals surface area contributed by atoms with Crippen LogP contribution in [0.2, 0.25) is 5.02 Å². The van der Waals surface area contributed by atoms with Gasteiger partial charge in [0.2, 0.25) is 0 Å². The molecule has 3 atom stereocenters. The number of aromatic nitrogens is 2. The molecule has 1 aromatic heterocycles. The Labute approximate surface area is 256 Å². The van der Waals surface area contributed by atoms with E-state index < -0.39 is 0 Å². The highest BCUT2D eigenvalue weighted by Crippen LogP contribution is 2.42. The maximum Gasteiger partial charge on any atom is 0.409 e. The smallest absolute Gasteiger partial charge is 0.409 e. The van der Waals surface area contributed by atoms with Crippen LogP contribution in [0.25, 0.3) is 0 Å². The molecule has 228 valence electrons. The van der Waals surface area contributed by atoms with Crippen molar-refractivity contribution in [3.05, 3.63) is 76.6 Å². The minimum Gasteiger partial charge on any atom is -0.453 e. The van der Waals surface area contributed by atoms with Crippen molar-refractivity contribution in [3.8, 4) is 0 Å². The van der Waals surface area contributed by atoms with E-state index in [-0.39, 0.29) is 17.9 Å². The number of ether oxygens (including phenoxy) is 1. The number of nitrogens with one attached hydrogen (secondary N) is 1. The maximum atomic E-state index is 13.7. The number of piperidine rings is 1. The molecule has 0 spiro atoms. The first kappa shape index (κ1) is 29.4. The normalized spacial score (nSPS) is 21.4. The number of anilines is 2. The molecule has 4 heterocycles. The third-order valence-corrected chi connectivity index (χ3v) is 9.41. The van der Waals surface area contributed by atoms with Crippen LogP contribution < -0.4 is 10.2 Å². The summed E-state index contributed by atoms with van der Waals surface area (Å²) in [4.78, 5) is 36.3. The predicted molar refractivity (Wildman–Crippen MR) is 164 cm³/mol. The zero-order chi connectivity index (χ0) is 30.1. The van der Waals surface area contributed by atoms with Crippen molar-refractivity contribution >= 4 is 35.1 Å². The largest absolute Gasteiger partial charge is 0.453 e. The SMILES string of the molecule is COC(=O)N1CCc2c(nc(C)n2C2C[C@H]3CC[C@@H](C2)N3CCCN(C(=O)Nc2ccc(Cl)cc2)c2ccc(F)cc2)C1. The average molecular weight is 609 g/mol. The number of aryl methyl sites for hydroxylation is 1. The highest BCUT2D eigenvalue weighted by atomic mass is 35.5. The number of carbonyl (C=O) groups excluding carboxylic acids is 2. The van der Waals surface area contributed by atoms with Gasteiger partial charge in [0.15, 0.2) is 0 Å². The summed E-state index contributed by atoms with van der Waals surface area (Å²) in [5, 5.41) is 3.55. The molecule has 6 rings (SSSR count). The van der Waals surface area contributed by atoms with Crippen molar-refractivity contribution in [1.82, 2.24) is 19.4 Å². The number of imidazole rings is 1. The lowest BCUT2D eigenvalue weighted by Gasteiger charge is -2.41. The maximum absolute atomic E-state index is 13.7. The quantitative estimate of drug-likeness (QED) is 0.335. The number of urea groups is 1. The van der Waals surface area contributed by atoms with Crippen molar-refractivity contribution in [2.45, 2.75) is 70.1 Å².